The minimum atomic E-state index is -0.330. The molecule has 0 atom stereocenters. The molecule has 156 valence electrons. The Morgan fingerprint density at radius 3 is 2.42 bits per heavy atom. The molecule has 3 aromatic carbocycles. The van der Waals surface area contributed by atoms with Gasteiger partial charge >= 0.3 is 0 Å². The van der Waals surface area contributed by atoms with E-state index in [9.17, 15) is 14.7 Å². The minimum Gasteiger partial charge on any atom is -0.507 e. The van der Waals surface area contributed by atoms with Crippen LogP contribution in [0.2, 0.25) is 0 Å². The highest BCUT2D eigenvalue weighted by Gasteiger charge is 2.17. The Balaban J connectivity index is 1.83. The highest BCUT2D eigenvalue weighted by molar-refractivity contribution is 6.11. The molecule has 0 aliphatic heterocycles. The molecule has 0 unspecified atom stereocenters. The largest absolute Gasteiger partial charge is 0.507 e. The summed E-state index contributed by atoms with van der Waals surface area (Å²) in [5.74, 6) is -0.489. The first kappa shape index (κ1) is 21.4. The van der Waals surface area contributed by atoms with Gasteiger partial charge in [0.1, 0.15) is 17.2 Å². The van der Waals surface area contributed by atoms with Crippen LogP contribution in [0.25, 0.3) is 0 Å². The molecule has 0 radical (unpaired) electrons. The van der Waals surface area contributed by atoms with E-state index in [-0.39, 0.29) is 28.8 Å². The molecule has 0 spiro atoms. The number of phenols is 1. The number of rotatable bonds is 8. The van der Waals surface area contributed by atoms with E-state index in [1.807, 2.05) is 18.2 Å². The van der Waals surface area contributed by atoms with Gasteiger partial charge in [-0.05, 0) is 29.8 Å². The summed E-state index contributed by atoms with van der Waals surface area (Å²) in [6, 6.07) is 18.6. The van der Waals surface area contributed by atoms with Crippen molar-refractivity contribution in [1.29, 1.82) is 0 Å². The lowest BCUT2D eigenvalue weighted by molar-refractivity contribution is -0.116. The molecule has 0 heterocycles. The van der Waals surface area contributed by atoms with Crippen molar-refractivity contribution in [2.45, 2.75) is 6.54 Å². The number of nitrogens with zero attached hydrogens (tertiary/aromatic N) is 2. The summed E-state index contributed by atoms with van der Waals surface area (Å²) in [4.78, 5) is 24.0. The van der Waals surface area contributed by atoms with Crippen molar-refractivity contribution in [2.24, 2.45) is 10.2 Å². The van der Waals surface area contributed by atoms with Crippen molar-refractivity contribution in [3.05, 3.63) is 96.1 Å². The zero-order chi connectivity index (χ0) is 22.2. The zero-order valence-corrected chi connectivity index (χ0v) is 16.9. The average Bonchev–Trinajstić information content (AvgIpc) is 2.82. The number of carbonyl (C=O) groups is 2. The molecule has 31 heavy (non-hydrogen) atoms. The first-order valence-electron chi connectivity index (χ1n) is 9.43. The number of hydrogen-bond acceptors (Lipinski definition) is 6. The van der Waals surface area contributed by atoms with Crippen molar-refractivity contribution in [2.75, 3.05) is 7.11 Å². The number of aromatic hydroxyl groups is 1. The van der Waals surface area contributed by atoms with Crippen LogP contribution in [-0.4, -0.2) is 23.9 Å². The number of carbonyl (C=O) groups excluding carboxylic acids is 2. The molecule has 0 aliphatic rings. The van der Waals surface area contributed by atoms with Crippen molar-refractivity contribution in [1.82, 2.24) is 5.32 Å². The Bertz CT molecular complexity index is 1120. The molecule has 0 aliphatic carbocycles. The number of benzene rings is 3. The SMILES string of the molecule is C=CC(=O)NCc1ccc(/N=N/c2cc(C(=O)c3ccccc3)c(O)cc2OC)cc1. The van der Waals surface area contributed by atoms with Gasteiger partial charge in [-0.15, -0.1) is 5.11 Å². The summed E-state index contributed by atoms with van der Waals surface area (Å²) in [6.45, 7) is 3.78. The highest BCUT2D eigenvalue weighted by atomic mass is 16.5. The Morgan fingerprint density at radius 1 is 1.06 bits per heavy atom. The van der Waals surface area contributed by atoms with E-state index in [1.54, 1.807) is 36.4 Å². The van der Waals surface area contributed by atoms with Gasteiger partial charge in [-0.3, -0.25) is 9.59 Å². The summed E-state index contributed by atoms with van der Waals surface area (Å²) in [5, 5.41) is 21.4. The van der Waals surface area contributed by atoms with Gasteiger partial charge in [0, 0.05) is 18.2 Å². The van der Waals surface area contributed by atoms with Gasteiger partial charge in [0.2, 0.25) is 5.91 Å². The minimum absolute atomic E-state index is 0.106. The lowest BCUT2D eigenvalue weighted by Crippen LogP contribution is -2.19. The molecular formula is C24H21N3O4. The first-order valence-corrected chi connectivity index (χ1v) is 9.43. The van der Waals surface area contributed by atoms with E-state index in [2.05, 4.69) is 22.1 Å². The number of ketones is 1. The predicted molar refractivity (Wildman–Crippen MR) is 117 cm³/mol. The third-order valence-electron chi connectivity index (χ3n) is 4.44. The number of hydrogen-bond donors (Lipinski definition) is 2. The van der Waals surface area contributed by atoms with E-state index in [0.717, 1.165) is 5.56 Å². The van der Waals surface area contributed by atoms with E-state index < -0.39 is 0 Å². The number of amides is 1. The Morgan fingerprint density at radius 2 is 1.77 bits per heavy atom. The second-order valence-corrected chi connectivity index (χ2v) is 6.52. The fourth-order valence-electron chi connectivity index (χ4n) is 2.78. The lowest BCUT2D eigenvalue weighted by atomic mass is 10.0. The molecule has 0 aromatic heterocycles. The normalized spacial score (nSPS) is 10.6. The zero-order valence-electron chi connectivity index (χ0n) is 16.9. The van der Waals surface area contributed by atoms with E-state index in [0.29, 0.717) is 23.5 Å². The van der Waals surface area contributed by atoms with Crippen molar-refractivity contribution in [3.63, 3.8) is 0 Å². The number of methoxy groups -OCH3 is 1. The molecule has 7 nitrogen and oxygen atoms in total. The monoisotopic (exact) mass is 415 g/mol. The maximum atomic E-state index is 12.8. The number of ether oxygens (including phenoxy) is 1. The molecule has 7 heteroatoms. The third-order valence-corrected chi connectivity index (χ3v) is 4.44. The van der Waals surface area contributed by atoms with E-state index in [4.69, 9.17) is 4.74 Å². The van der Waals surface area contributed by atoms with Crippen LogP contribution in [0.5, 0.6) is 11.5 Å². The summed E-state index contributed by atoms with van der Waals surface area (Å²) in [5.41, 5.74) is 2.33. The van der Waals surface area contributed by atoms with Gasteiger partial charge in [0.15, 0.2) is 5.78 Å². The molecule has 3 rings (SSSR count). The molecule has 0 saturated heterocycles. The van der Waals surface area contributed by atoms with Crippen LogP contribution in [0.1, 0.15) is 21.5 Å². The second kappa shape index (κ2) is 9.98. The maximum absolute atomic E-state index is 12.8. The molecule has 0 bridgehead atoms. The van der Waals surface area contributed by atoms with Gasteiger partial charge in [-0.1, -0.05) is 49.0 Å². The van der Waals surface area contributed by atoms with E-state index in [1.165, 1.54) is 25.3 Å². The van der Waals surface area contributed by atoms with Gasteiger partial charge in [-0.25, -0.2) is 0 Å². The molecule has 2 N–H and O–H groups in total. The van der Waals surface area contributed by atoms with Crippen LogP contribution in [0, 0.1) is 0 Å². The van der Waals surface area contributed by atoms with Crippen LogP contribution < -0.4 is 10.1 Å². The Labute approximate surface area is 179 Å². The molecule has 0 saturated carbocycles. The predicted octanol–water partition coefficient (Wildman–Crippen LogP) is 4.85. The standard InChI is InChI=1S/C24H21N3O4/c1-3-23(29)25-15-16-9-11-18(12-10-16)26-27-20-13-19(21(28)14-22(20)31-2)24(30)17-7-5-4-6-8-17/h3-14,28H,1,15H2,2H3,(H,25,29)/b27-26+. The quantitative estimate of drug-likeness (QED) is 0.312. The summed E-state index contributed by atoms with van der Waals surface area (Å²) >= 11 is 0. The molecule has 1 amide bonds. The molecule has 3 aromatic rings. The van der Waals surface area contributed by atoms with Gasteiger partial charge in [0.25, 0.3) is 0 Å². The molecule has 0 fully saturated rings. The fourth-order valence-corrected chi connectivity index (χ4v) is 2.78. The summed E-state index contributed by atoms with van der Waals surface area (Å²) in [7, 11) is 1.44. The third kappa shape index (κ3) is 5.42. The van der Waals surface area contributed by atoms with Crippen molar-refractivity contribution < 1.29 is 19.4 Å². The van der Waals surface area contributed by atoms with Crippen molar-refractivity contribution >= 4 is 23.1 Å². The average molecular weight is 415 g/mol. The van der Waals surface area contributed by atoms with E-state index >= 15 is 0 Å². The van der Waals surface area contributed by atoms with Gasteiger partial charge < -0.3 is 15.2 Å². The smallest absolute Gasteiger partial charge is 0.243 e. The topological polar surface area (TPSA) is 100 Å². The van der Waals surface area contributed by atoms with Crippen LogP contribution in [0.15, 0.2) is 89.6 Å². The Kier molecular flexibility index (Phi) is 6.90. The Hall–Kier alpha value is -4.26. The summed E-state index contributed by atoms with van der Waals surface area (Å²) < 4.78 is 5.27. The number of azo groups is 1. The van der Waals surface area contributed by atoms with Crippen molar-refractivity contribution in [3.8, 4) is 11.5 Å². The van der Waals surface area contributed by atoms with Crippen LogP contribution in [0.3, 0.4) is 0 Å². The van der Waals surface area contributed by atoms with Crippen LogP contribution in [0.4, 0.5) is 11.4 Å². The van der Waals surface area contributed by atoms with Gasteiger partial charge in [0.05, 0.1) is 18.4 Å². The number of phenolic OH excluding ortho intramolecular Hbond substituents is 1. The lowest BCUT2D eigenvalue weighted by Gasteiger charge is -2.09. The fraction of sp³-hybridized carbons (Fsp3) is 0.0833. The molecular weight excluding hydrogens is 394 g/mol. The number of nitrogens with one attached hydrogen (secondary N) is 1. The summed E-state index contributed by atoms with van der Waals surface area (Å²) in [6.07, 6.45) is 1.21. The second-order valence-electron chi connectivity index (χ2n) is 6.52. The first-order chi connectivity index (χ1) is 15.0. The van der Waals surface area contributed by atoms with Gasteiger partial charge in [-0.2, -0.15) is 5.11 Å². The maximum Gasteiger partial charge on any atom is 0.243 e. The van der Waals surface area contributed by atoms with Crippen LogP contribution in [-0.2, 0) is 11.3 Å². The highest BCUT2D eigenvalue weighted by Crippen LogP contribution is 2.36. The van der Waals surface area contributed by atoms with Crippen LogP contribution >= 0.6 is 0 Å².